The molecule has 1 aromatic carbocycles. The van der Waals surface area contributed by atoms with E-state index in [-0.39, 0.29) is 11.0 Å². The molecule has 0 saturated carbocycles. The van der Waals surface area contributed by atoms with Crippen LogP contribution >= 0.6 is 0 Å². The van der Waals surface area contributed by atoms with Crippen molar-refractivity contribution in [1.82, 2.24) is 4.31 Å². The van der Waals surface area contributed by atoms with Gasteiger partial charge in [-0.3, -0.25) is 0 Å². The number of rotatable bonds is 5. The average molecular weight is 299 g/mol. The predicted molar refractivity (Wildman–Crippen MR) is 76.4 cm³/mol. The number of hydrogen-bond donors (Lipinski definition) is 0. The molecule has 0 N–H and O–H groups in total. The lowest BCUT2D eigenvalue weighted by atomic mass is 10.1. The summed E-state index contributed by atoms with van der Waals surface area (Å²) in [6, 6.07) is 6.79. The molecule has 1 aliphatic heterocycles. The fourth-order valence-electron chi connectivity index (χ4n) is 2.39. The highest BCUT2D eigenvalue weighted by molar-refractivity contribution is 7.89. The first-order valence-corrected chi connectivity index (χ1v) is 8.28. The molecule has 1 saturated heterocycles. The predicted octanol–water partition coefficient (Wildman–Crippen LogP) is 1.88. The number of piperidine rings is 1. The molecular formula is C14H21NO4S. The molecule has 0 aromatic heterocycles. The Kier molecular flexibility index (Phi) is 5.01. The molecule has 0 radical (unpaired) electrons. The summed E-state index contributed by atoms with van der Waals surface area (Å²) in [4.78, 5) is 0.248. The van der Waals surface area contributed by atoms with Crippen LogP contribution in [0.1, 0.15) is 19.8 Å². The summed E-state index contributed by atoms with van der Waals surface area (Å²) in [6.45, 7) is 3.26. The number of methoxy groups -OCH3 is 1. The van der Waals surface area contributed by atoms with Crippen molar-refractivity contribution in [2.24, 2.45) is 0 Å². The van der Waals surface area contributed by atoms with Crippen LogP contribution in [-0.2, 0) is 14.8 Å². The standard InChI is InChI=1S/C14H21NO4S/c1-3-19-13-6-4-5-7-14(13)20(16,17)15-10-8-12(18-2)9-11-15/h4-7,12H,3,8-11H2,1-2H3. The lowest BCUT2D eigenvalue weighted by molar-refractivity contribution is 0.0604. The van der Waals surface area contributed by atoms with Crippen molar-refractivity contribution in [1.29, 1.82) is 0 Å². The number of benzene rings is 1. The third-order valence-electron chi connectivity index (χ3n) is 3.50. The highest BCUT2D eigenvalue weighted by atomic mass is 32.2. The third-order valence-corrected chi connectivity index (χ3v) is 5.44. The Labute approximate surface area is 120 Å². The van der Waals surface area contributed by atoms with Crippen molar-refractivity contribution in [3.63, 3.8) is 0 Å². The van der Waals surface area contributed by atoms with Gasteiger partial charge in [-0.2, -0.15) is 4.31 Å². The average Bonchev–Trinajstić information content (AvgIpc) is 2.48. The van der Waals surface area contributed by atoms with Gasteiger partial charge in [-0.05, 0) is 31.9 Å². The summed E-state index contributed by atoms with van der Waals surface area (Å²) in [7, 11) is -1.83. The van der Waals surface area contributed by atoms with Gasteiger partial charge in [0.15, 0.2) is 0 Å². The fraction of sp³-hybridized carbons (Fsp3) is 0.571. The summed E-state index contributed by atoms with van der Waals surface area (Å²) in [5.74, 6) is 0.420. The Bertz CT molecular complexity index is 536. The van der Waals surface area contributed by atoms with E-state index in [4.69, 9.17) is 9.47 Å². The van der Waals surface area contributed by atoms with Gasteiger partial charge in [-0.1, -0.05) is 12.1 Å². The Morgan fingerprint density at radius 1 is 1.25 bits per heavy atom. The second kappa shape index (κ2) is 6.56. The van der Waals surface area contributed by atoms with Crippen molar-refractivity contribution in [2.75, 3.05) is 26.8 Å². The summed E-state index contributed by atoms with van der Waals surface area (Å²) in [6.07, 6.45) is 1.61. The van der Waals surface area contributed by atoms with Crippen LogP contribution < -0.4 is 4.74 Å². The molecular weight excluding hydrogens is 278 g/mol. The molecule has 5 nitrogen and oxygen atoms in total. The SMILES string of the molecule is CCOc1ccccc1S(=O)(=O)N1CCC(OC)CC1. The number of sulfonamides is 1. The number of ether oxygens (including phenoxy) is 2. The van der Waals surface area contributed by atoms with Gasteiger partial charge >= 0.3 is 0 Å². The number of hydrogen-bond acceptors (Lipinski definition) is 4. The fourth-order valence-corrected chi connectivity index (χ4v) is 3.99. The maximum absolute atomic E-state index is 12.7. The zero-order valence-corrected chi connectivity index (χ0v) is 12.7. The summed E-state index contributed by atoms with van der Waals surface area (Å²) >= 11 is 0. The molecule has 1 heterocycles. The molecule has 0 aliphatic carbocycles. The molecule has 0 unspecified atom stereocenters. The van der Waals surface area contributed by atoms with E-state index in [1.54, 1.807) is 31.4 Å². The lowest BCUT2D eigenvalue weighted by Gasteiger charge is -2.30. The van der Waals surface area contributed by atoms with Gasteiger partial charge in [0.2, 0.25) is 10.0 Å². The van der Waals surface area contributed by atoms with E-state index in [0.29, 0.717) is 25.4 Å². The molecule has 0 atom stereocenters. The van der Waals surface area contributed by atoms with Crippen molar-refractivity contribution < 1.29 is 17.9 Å². The van der Waals surface area contributed by atoms with Gasteiger partial charge < -0.3 is 9.47 Å². The van der Waals surface area contributed by atoms with Crippen molar-refractivity contribution in [3.05, 3.63) is 24.3 Å². The molecule has 1 aliphatic rings. The first kappa shape index (κ1) is 15.3. The molecule has 0 spiro atoms. The van der Waals surface area contributed by atoms with E-state index in [1.165, 1.54) is 4.31 Å². The van der Waals surface area contributed by atoms with Crippen LogP contribution in [-0.4, -0.2) is 45.6 Å². The van der Waals surface area contributed by atoms with E-state index in [0.717, 1.165) is 12.8 Å². The molecule has 20 heavy (non-hydrogen) atoms. The number of para-hydroxylation sites is 1. The van der Waals surface area contributed by atoms with Gasteiger partial charge in [-0.15, -0.1) is 0 Å². The topological polar surface area (TPSA) is 55.8 Å². The molecule has 0 amide bonds. The van der Waals surface area contributed by atoms with Crippen LogP contribution in [0.3, 0.4) is 0 Å². The number of nitrogens with zero attached hydrogens (tertiary/aromatic N) is 1. The van der Waals surface area contributed by atoms with Crippen LogP contribution in [0.4, 0.5) is 0 Å². The zero-order valence-electron chi connectivity index (χ0n) is 11.9. The first-order chi connectivity index (χ1) is 9.59. The third kappa shape index (κ3) is 3.13. The van der Waals surface area contributed by atoms with Crippen LogP contribution in [0.5, 0.6) is 5.75 Å². The van der Waals surface area contributed by atoms with E-state index < -0.39 is 10.0 Å². The Hall–Kier alpha value is -1.11. The first-order valence-electron chi connectivity index (χ1n) is 6.84. The van der Waals surface area contributed by atoms with Gasteiger partial charge in [0.05, 0.1) is 12.7 Å². The van der Waals surface area contributed by atoms with Crippen LogP contribution in [0.25, 0.3) is 0 Å². The summed E-state index contributed by atoms with van der Waals surface area (Å²) in [5, 5.41) is 0. The van der Waals surface area contributed by atoms with Crippen molar-refractivity contribution >= 4 is 10.0 Å². The minimum absolute atomic E-state index is 0.156. The largest absolute Gasteiger partial charge is 0.492 e. The highest BCUT2D eigenvalue weighted by Gasteiger charge is 2.31. The Morgan fingerprint density at radius 2 is 1.90 bits per heavy atom. The molecule has 2 rings (SSSR count). The second-order valence-electron chi connectivity index (χ2n) is 4.72. The molecule has 6 heteroatoms. The minimum atomic E-state index is -3.49. The van der Waals surface area contributed by atoms with E-state index in [2.05, 4.69) is 0 Å². The Morgan fingerprint density at radius 3 is 2.50 bits per heavy atom. The molecule has 0 bridgehead atoms. The molecule has 1 aromatic rings. The smallest absolute Gasteiger partial charge is 0.246 e. The normalized spacial score (nSPS) is 18.1. The Balaban J connectivity index is 2.23. The van der Waals surface area contributed by atoms with E-state index in [9.17, 15) is 8.42 Å². The molecule has 112 valence electrons. The van der Waals surface area contributed by atoms with Crippen molar-refractivity contribution in [2.45, 2.75) is 30.8 Å². The van der Waals surface area contributed by atoms with Gasteiger partial charge in [0, 0.05) is 20.2 Å². The van der Waals surface area contributed by atoms with Crippen LogP contribution in [0, 0.1) is 0 Å². The van der Waals surface area contributed by atoms with Crippen LogP contribution in [0.15, 0.2) is 29.2 Å². The summed E-state index contributed by atoms with van der Waals surface area (Å²) < 4.78 is 37.6. The lowest BCUT2D eigenvalue weighted by Crippen LogP contribution is -2.40. The monoisotopic (exact) mass is 299 g/mol. The van der Waals surface area contributed by atoms with Crippen LogP contribution in [0.2, 0.25) is 0 Å². The minimum Gasteiger partial charge on any atom is -0.492 e. The van der Waals surface area contributed by atoms with E-state index in [1.807, 2.05) is 6.92 Å². The highest BCUT2D eigenvalue weighted by Crippen LogP contribution is 2.28. The van der Waals surface area contributed by atoms with Gasteiger partial charge in [0.1, 0.15) is 10.6 Å². The quantitative estimate of drug-likeness (QED) is 0.833. The summed E-state index contributed by atoms with van der Waals surface area (Å²) in [5.41, 5.74) is 0. The van der Waals surface area contributed by atoms with Gasteiger partial charge in [0.25, 0.3) is 0 Å². The van der Waals surface area contributed by atoms with E-state index >= 15 is 0 Å². The van der Waals surface area contributed by atoms with Gasteiger partial charge in [-0.25, -0.2) is 8.42 Å². The zero-order chi connectivity index (χ0) is 14.6. The molecule has 1 fully saturated rings. The van der Waals surface area contributed by atoms with Crippen molar-refractivity contribution in [3.8, 4) is 5.75 Å². The maximum Gasteiger partial charge on any atom is 0.246 e. The second-order valence-corrected chi connectivity index (χ2v) is 6.63. The maximum atomic E-state index is 12.7.